The number of carbonyl (C=O) groups excluding carboxylic acids is 2. The molecular weight excluding hydrogens is 368 g/mol. The summed E-state index contributed by atoms with van der Waals surface area (Å²) in [6.07, 6.45) is 0.0681. The molecule has 2 aromatic carbocycles. The molecule has 1 fully saturated rings. The Morgan fingerprint density at radius 2 is 1.59 bits per heavy atom. The van der Waals surface area contributed by atoms with Gasteiger partial charge in [0.2, 0.25) is 0 Å². The number of hydrogen-bond acceptors (Lipinski definition) is 5. The lowest BCUT2D eigenvalue weighted by Crippen LogP contribution is -2.49. The van der Waals surface area contributed by atoms with Crippen molar-refractivity contribution in [3.05, 3.63) is 65.7 Å². The number of esters is 1. The summed E-state index contributed by atoms with van der Waals surface area (Å²) in [4.78, 5) is 28.6. The molecule has 0 aromatic heterocycles. The Morgan fingerprint density at radius 1 is 0.931 bits per heavy atom. The zero-order chi connectivity index (χ0) is 20.6. The highest BCUT2D eigenvalue weighted by Gasteiger charge is 2.22. The van der Waals surface area contributed by atoms with Crippen molar-refractivity contribution in [2.75, 3.05) is 32.8 Å². The van der Waals surface area contributed by atoms with Gasteiger partial charge in [-0.25, -0.2) is 4.79 Å². The van der Waals surface area contributed by atoms with Gasteiger partial charge in [0, 0.05) is 32.7 Å². The first-order chi connectivity index (χ1) is 14.0. The van der Waals surface area contributed by atoms with Crippen molar-refractivity contribution in [1.82, 2.24) is 9.80 Å². The van der Waals surface area contributed by atoms with Crippen molar-refractivity contribution in [1.29, 1.82) is 0 Å². The second-order valence-corrected chi connectivity index (χ2v) is 7.41. The first kappa shape index (κ1) is 20.9. The van der Waals surface area contributed by atoms with Crippen molar-refractivity contribution in [2.24, 2.45) is 0 Å². The smallest absolute Gasteiger partial charge is 0.338 e. The largest absolute Gasteiger partial charge is 0.491 e. The molecule has 0 atom stereocenters. The predicted octanol–water partition coefficient (Wildman–Crippen LogP) is 2.98. The maximum Gasteiger partial charge on any atom is 0.338 e. The summed E-state index contributed by atoms with van der Waals surface area (Å²) in [6, 6.07) is 17.0. The summed E-state index contributed by atoms with van der Waals surface area (Å²) in [5.41, 5.74) is 1.67. The van der Waals surface area contributed by atoms with Crippen LogP contribution in [0.5, 0.6) is 5.75 Å². The molecule has 0 saturated carbocycles. The molecule has 0 spiro atoms. The van der Waals surface area contributed by atoms with Crippen molar-refractivity contribution in [3.63, 3.8) is 0 Å². The van der Waals surface area contributed by atoms with Crippen LogP contribution in [0.2, 0.25) is 0 Å². The summed E-state index contributed by atoms with van der Waals surface area (Å²) in [5, 5.41) is 0. The topological polar surface area (TPSA) is 59.1 Å². The Balaban J connectivity index is 1.41. The number of piperazine rings is 1. The fourth-order valence-corrected chi connectivity index (χ4v) is 3.24. The Morgan fingerprint density at radius 3 is 2.21 bits per heavy atom. The van der Waals surface area contributed by atoms with E-state index in [2.05, 4.69) is 17.0 Å². The molecule has 0 N–H and O–H groups in total. The molecule has 1 aliphatic rings. The van der Waals surface area contributed by atoms with Crippen LogP contribution in [0.15, 0.2) is 54.6 Å². The number of carbonyl (C=O) groups is 2. The van der Waals surface area contributed by atoms with E-state index in [1.165, 1.54) is 5.56 Å². The average Bonchev–Trinajstić information content (AvgIpc) is 2.73. The van der Waals surface area contributed by atoms with Gasteiger partial charge in [-0.05, 0) is 43.7 Å². The molecular formula is C23H28N2O4. The number of benzene rings is 2. The van der Waals surface area contributed by atoms with Gasteiger partial charge in [0.15, 0.2) is 6.61 Å². The van der Waals surface area contributed by atoms with Gasteiger partial charge in [-0.15, -0.1) is 0 Å². The fourth-order valence-electron chi connectivity index (χ4n) is 3.24. The Hall–Kier alpha value is -2.86. The van der Waals surface area contributed by atoms with E-state index < -0.39 is 5.97 Å². The lowest BCUT2D eigenvalue weighted by atomic mass is 10.2. The van der Waals surface area contributed by atoms with Crippen molar-refractivity contribution >= 4 is 11.9 Å². The van der Waals surface area contributed by atoms with Gasteiger partial charge in [0.1, 0.15) is 5.75 Å². The van der Waals surface area contributed by atoms with E-state index in [9.17, 15) is 9.59 Å². The minimum atomic E-state index is -0.503. The Labute approximate surface area is 172 Å². The maximum atomic E-state index is 12.4. The van der Waals surface area contributed by atoms with Gasteiger partial charge in [0.25, 0.3) is 5.91 Å². The lowest BCUT2D eigenvalue weighted by Gasteiger charge is -2.34. The summed E-state index contributed by atoms with van der Waals surface area (Å²) in [6.45, 7) is 7.44. The van der Waals surface area contributed by atoms with E-state index >= 15 is 0 Å². The second-order valence-electron chi connectivity index (χ2n) is 7.41. The monoisotopic (exact) mass is 396 g/mol. The van der Waals surface area contributed by atoms with Crippen molar-refractivity contribution in [2.45, 2.75) is 26.5 Å². The molecule has 6 nitrogen and oxygen atoms in total. The maximum absolute atomic E-state index is 12.4. The standard InChI is InChI=1S/C23H28N2O4/c1-18(2)29-21-10-8-20(9-11-21)23(27)28-17-22(26)25-14-12-24(13-15-25)16-19-6-4-3-5-7-19/h3-11,18H,12-17H2,1-2H3. The van der Waals surface area contributed by atoms with Gasteiger partial charge in [-0.1, -0.05) is 30.3 Å². The highest BCUT2D eigenvalue weighted by Crippen LogP contribution is 2.15. The van der Waals surface area contributed by atoms with Crippen molar-refractivity contribution in [3.8, 4) is 5.75 Å². The van der Waals surface area contributed by atoms with E-state index in [0.29, 0.717) is 24.4 Å². The summed E-state index contributed by atoms with van der Waals surface area (Å²) < 4.78 is 10.8. The molecule has 1 amide bonds. The van der Waals surface area contributed by atoms with Crippen LogP contribution in [0.3, 0.4) is 0 Å². The predicted molar refractivity (Wildman–Crippen MR) is 111 cm³/mol. The molecule has 3 rings (SSSR count). The third kappa shape index (κ3) is 6.32. The lowest BCUT2D eigenvalue weighted by molar-refractivity contribution is -0.136. The number of nitrogens with zero attached hydrogens (tertiary/aromatic N) is 2. The van der Waals surface area contributed by atoms with Crippen LogP contribution in [-0.4, -0.2) is 60.6 Å². The highest BCUT2D eigenvalue weighted by atomic mass is 16.5. The zero-order valence-corrected chi connectivity index (χ0v) is 17.0. The number of ether oxygens (including phenoxy) is 2. The van der Waals surface area contributed by atoms with Crippen LogP contribution in [-0.2, 0) is 16.1 Å². The van der Waals surface area contributed by atoms with E-state index in [1.807, 2.05) is 32.0 Å². The minimum absolute atomic E-state index is 0.0681. The average molecular weight is 396 g/mol. The SMILES string of the molecule is CC(C)Oc1ccc(C(=O)OCC(=O)N2CCN(Cc3ccccc3)CC2)cc1. The first-order valence-electron chi connectivity index (χ1n) is 9.99. The van der Waals surface area contributed by atoms with Crippen LogP contribution in [0.1, 0.15) is 29.8 Å². The van der Waals surface area contributed by atoms with Gasteiger partial charge in [0.05, 0.1) is 11.7 Å². The van der Waals surface area contributed by atoms with E-state index in [0.717, 1.165) is 19.6 Å². The highest BCUT2D eigenvalue weighted by molar-refractivity contribution is 5.91. The third-order valence-electron chi connectivity index (χ3n) is 4.76. The molecule has 0 unspecified atom stereocenters. The summed E-state index contributed by atoms with van der Waals surface area (Å²) in [7, 11) is 0. The molecule has 6 heteroatoms. The second kappa shape index (κ2) is 10.1. The normalized spacial score (nSPS) is 14.7. The van der Waals surface area contributed by atoms with Gasteiger partial charge in [-0.3, -0.25) is 9.69 Å². The third-order valence-corrected chi connectivity index (χ3v) is 4.76. The van der Waals surface area contributed by atoms with Gasteiger partial charge in [-0.2, -0.15) is 0 Å². The molecule has 0 aliphatic carbocycles. The first-order valence-corrected chi connectivity index (χ1v) is 9.99. The molecule has 0 bridgehead atoms. The van der Waals surface area contributed by atoms with Crippen LogP contribution < -0.4 is 4.74 Å². The summed E-state index contributed by atoms with van der Waals surface area (Å²) >= 11 is 0. The van der Waals surface area contributed by atoms with Gasteiger partial charge >= 0.3 is 5.97 Å². The number of rotatable bonds is 7. The molecule has 1 heterocycles. The molecule has 1 aliphatic heterocycles. The Kier molecular flexibility index (Phi) is 7.25. The minimum Gasteiger partial charge on any atom is -0.491 e. The quantitative estimate of drug-likeness (QED) is 0.674. The van der Waals surface area contributed by atoms with Crippen LogP contribution in [0.25, 0.3) is 0 Å². The van der Waals surface area contributed by atoms with E-state index in [1.54, 1.807) is 29.2 Å². The zero-order valence-electron chi connectivity index (χ0n) is 17.0. The summed E-state index contributed by atoms with van der Waals surface area (Å²) in [5.74, 6) is 0.0376. The van der Waals surface area contributed by atoms with E-state index in [-0.39, 0.29) is 18.6 Å². The van der Waals surface area contributed by atoms with Gasteiger partial charge < -0.3 is 14.4 Å². The number of amides is 1. The molecule has 2 aromatic rings. The Bertz CT molecular complexity index is 797. The molecule has 154 valence electrons. The fraction of sp³-hybridized carbons (Fsp3) is 0.391. The number of hydrogen-bond donors (Lipinski definition) is 0. The van der Waals surface area contributed by atoms with Crippen LogP contribution in [0, 0.1) is 0 Å². The molecule has 29 heavy (non-hydrogen) atoms. The van der Waals surface area contributed by atoms with Crippen LogP contribution >= 0.6 is 0 Å². The van der Waals surface area contributed by atoms with Crippen LogP contribution in [0.4, 0.5) is 0 Å². The molecule has 1 saturated heterocycles. The van der Waals surface area contributed by atoms with Crippen molar-refractivity contribution < 1.29 is 19.1 Å². The molecule has 0 radical (unpaired) electrons. The van der Waals surface area contributed by atoms with E-state index in [4.69, 9.17) is 9.47 Å².